The van der Waals surface area contributed by atoms with Crippen molar-refractivity contribution in [3.63, 3.8) is 0 Å². The number of anilines is 1. The molecule has 0 spiro atoms. The third kappa shape index (κ3) is 9.81. The summed E-state index contributed by atoms with van der Waals surface area (Å²) in [7, 11) is -1.03. The number of pyridine rings is 1. The standard InChI is InChI=1S/C9H14N2OS.C4H4.C2H4/c1-2-3-7-13(12)9-8(10)5-4-6-11-9;1-3-4-2;1-2/h4-6H,2-3,7,10H2,1H3;1-2H2;1-2H2. The van der Waals surface area contributed by atoms with E-state index in [0.717, 1.165) is 12.8 Å². The van der Waals surface area contributed by atoms with Crippen LogP contribution in [-0.4, -0.2) is 14.9 Å². The number of nitrogens with zero attached hydrogens (tertiary/aromatic N) is 1. The van der Waals surface area contributed by atoms with Gasteiger partial charge in [0.25, 0.3) is 0 Å². The smallest absolute Gasteiger partial charge is 0.150 e. The van der Waals surface area contributed by atoms with Crippen molar-refractivity contribution in [3.05, 3.63) is 56.1 Å². The lowest BCUT2D eigenvalue weighted by Gasteiger charge is -2.02. The fourth-order valence-electron chi connectivity index (χ4n) is 0.966. The van der Waals surface area contributed by atoms with Gasteiger partial charge in [-0.25, -0.2) is 4.98 Å². The molecule has 1 rings (SSSR count). The van der Waals surface area contributed by atoms with Crippen molar-refractivity contribution in [2.75, 3.05) is 11.5 Å². The summed E-state index contributed by atoms with van der Waals surface area (Å²) >= 11 is 0. The van der Waals surface area contributed by atoms with Crippen molar-refractivity contribution in [2.24, 2.45) is 0 Å². The fourth-order valence-corrected chi connectivity index (χ4v) is 2.22. The van der Waals surface area contributed by atoms with Gasteiger partial charge in [0.1, 0.15) is 5.03 Å². The highest BCUT2D eigenvalue weighted by Crippen LogP contribution is 2.12. The zero-order chi connectivity index (χ0) is 15.1. The molecule has 1 unspecified atom stereocenters. The van der Waals surface area contributed by atoms with Crippen LogP contribution in [0.4, 0.5) is 5.69 Å². The molecule has 0 aliphatic rings. The van der Waals surface area contributed by atoms with E-state index in [0.29, 0.717) is 16.5 Å². The summed E-state index contributed by atoms with van der Waals surface area (Å²) in [4.78, 5) is 4.01. The summed E-state index contributed by atoms with van der Waals surface area (Å²) in [6.45, 7) is 14.4. The van der Waals surface area contributed by atoms with E-state index in [-0.39, 0.29) is 0 Å². The SMILES string of the molecule is C=C.C=C=C=C.CCCCS(=O)c1ncccc1N. The molecule has 0 bridgehead atoms. The first-order valence-corrected chi connectivity index (χ1v) is 7.12. The van der Waals surface area contributed by atoms with Crippen LogP contribution in [-0.2, 0) is 10.8 Å². The van der Waals surface area contributed by atoms with Crippen LogP contribution in [0.25, 0.3) is 0 Å². The molecule has 0 aliphatic heterocycles. The Morgan fingerprint density at radius 2 is 1.95 bits per heavy atom. The Labute approximate surface area is 118 Å². The predicted octanol–water partition coefficient (Wildman–Crippen LogP) is 3.49. The lowest BCUT2D eigenvalue weighted by atomic mass is 10.4. The van der Waals surface area contributed by atoms with Gasteiger partial charge in [-0.1, -0.05) is 24.8 Å². The molecule has 3 nitrogen and oxygen atoms in total. The Balaban J connectivity index is 0. The molecular weight excluding hydrogens is 256 g/mol. The molecular formula is C15H22N2OS. The van der Waals surface area contributed by atoms with E-state index in [4.69, 9.17) is 5.73 Å². The van der Waals surface area contributed by atoms with E-state index >= 15 is 0 Å². The molecule has 4 heteroatoms. The molecule has 1 aromatic rings. The first-order valence-electron chi connectivity index (χ1n) is 5.80. The Morgan fingerprint density at radius 1 is 1.37 bits per heavy atom. The second-order valence-corrected chi connectivity index (χ2v) is 4.64. The van der Waals surface area contributed by atoms with Crippen LogP contribution in [0.3, 0.4) is 0 Å². The van der Waals surface area contributed by atoms with Crippen molar-refractivity contribution in [1.82, 2.24) is 4.98 Å². The summed E-state index contributed by atoms with van der Waals surface area (Å²) in [5, 5.41) is 0.524. The van der Waals surface area contributed by atoms with E-state index < -0.39 is 10.8 Å². The molecule has 0 radical (unpaired) electrons. The molecule has 1 aromatic heterocycles. The first kappa shape index (κ1) is 19.5. The van der Waals surface area contributed by atoms with Gasteiger partial charge in [-0.3, -0.25) is 4.21 Å². The lowest BCUT2D eigenvalue weighted by Crippen LogP contribution is -2.03. The number of hydrogen-bond acceptors (Lipinski definition) is 3. The van der Waals surface area contributed by atoms with Gasteiger partial charge in [0, 0.05) is 11.9 Å². The summed E-state index contributed by atoms with van der Waals surface area (Å²) in [6.07, 6.45) is 3.61. The molecule has 0 amide bonds. The average Bonchev–Trinajstić information content (AvgIpc) is 2.47. The van der Waals surface area contributed by atoms with Crippen LogP contribution < -0.4 is 5.73 Å². The van der Waals surface area contributed by atoms with Crippen LogP contribution in [0, 0.1) is 0 Å². The van der Waals surface area contributed by atoms with Gasteiger partial charge in [0.15, 0.2) is 0 Å². The molecule has 0 fully saturated rings. The third-order valence-electron chi connectivity index (χ3n) is 1.82. The van der Waals surface area contributed by atoms with Gasteiger partial charge >= 0.3 is 0 Å². The molecule has 0 aliphatic carbocycles. The molecule has 19 heavy (non-hydrogen) atoms. The minimum Gasteiger partial charge on any atom is -0.396 e. The van der Waals surface area contributed by atoms with Crippen LogP contribution in [0.15, 0.2) is 61.1 Å². The molecule has 0 saturated carbocycles. The maximum Gasteiger partial charge on any atom is 0.150 e. The molecule has 104 valence electrons. The van der Waals surface area contributed by atoms with Gasteiger partial charge in [0.2, 0.25) is 0 Å². The number of hydrogen-bond donors (Lipinski definition) is 1. The number of aromatic nitrogens is 1. The van der Waals surface area contributed by atoms with E-state index in [1.165, 1.54) is 0 Å². The highest BCUT2D eigenvalue weighted by atomic mass is 32.2. The quantitative estimate of drug-likeness (QED) is 0.677. The zero-order valence-corrected chi connectivity index (χ0v) is 12.3. The Hall–Kier alpha value is -1.86. The topological polar surface area (TPSA) is 56.0 Å². The van der Waals surface area contributed by atoms with Crippen LogP contribution in [0.5, 0.6) is 0 Å². The predicted molar refractivity (Wildman–Crippen MR) is 84.4 cm³/mol. The Bertz CT molecular complexity index is 437. The number of rotatable bonds is 4. The van der Waals surface area contributed by atoms with Crippen molar-refractivity contribution < 1.29 is 4.21 Å². The van der Waals surface area contributed by atoms with Crippen molar-refractivity contribution in [1.29, 1.82) is 0 Å². The Kier molecular flexibility index (Phi) is 14.6. The third-order valence-corrected chi connectivity index (χ3v) is 3.26. The maximum absolute atomic E-state index is 11.6. The van der Waals surface area contributed by atoms with Crippen LogP contribution in [0.2, 0.25) is 0 Å². The molecule has 0 saturated heterocycles. The number of nitrogens with two attached hydrogens (primary N) is 1. The maximum atomic E-state index is 11.6. The highest BCUT2D eigenvalue weighted by molar-refractivity contribution is 7.85. The van der Waals surface area contributed by atoms with Crippen molar-refractivity contribution in [2.45, 2.75) is 24.8 Å². The summed E-state index contributed by atoms with van der Waals surface area (Å²) < 4.78 is 11.6. The molecule has 1 heterocycles. The summed E-state index contributed by atoms with van der Waals surface area (Å²) in [6, 6.07) is 3.47. The van der Waals surface area contributed by atoms with Gasteiger partial charge in [-0.2, -0.15) is 0 Å². The number of nitrogen functional groups attached to an aromatic ring is 1. The minimum absolute atomic E-state index is 0.524. The zero-order valence-electron chi connectivity index (χ0n) is 11.5. The number of unbranched alkanes of at least 4 members (excludes halogenated alkanes) is 1. The largest absolute Gasteiger partial charge is 0.396 e. The second-order valence-electron chi connectivity index (χ2n) is 3.15. The first-order chi connectivity index (χ1) is 9.17. The van der Waals surface area contributed by atoms with E-state index in [9.17, 15) is 4.21 Å². The molecule has 0 aromatic carbocycles. The van der Waals surface area contributed by atoms with E-state index in [2.05, 4.69) is 49.7 Å². The van der Waals surface area contributed by atoms with Gasteiger partial charge in [-0.15, -0.1) is 13.2 Å². The van der Waals surface area contributed by atoms with Gasteiger partial charge in [-0.05, 0) is 31.7 Å². The van der Waals surface area contributed by atoms with Gasteiger partial charge in [0.05, 0.1) is 16.5 Å². The second kappa shape index (κ2) is 14.2. The molecule has 1 atom stereocenters. The summed E-state index contributed by atoms with van der Waals surface area (Å²) in [5.41, 5.74) is 10.8. The van der Waals surface area contributed by atoms with Crippen molar-refractivity contribution in [3.8, 4) is 0 Å². The van der Waals surface area contributed by atoms with Crippen molar-refractivity contribution >= 4 is 16.5 Å². The highest BCUT2D eigenvalue weighted by Gasteiger charge is 2.07. The van der Waals surface area contributed by atoms with Crippen LogP contribution in [0.1, 0.15) is 19.8 Å². The van der Waals surface area contributed by atoms with Crippen LogP contribution >= 0.6 is 0 Å². The monoisotopic (exact) mass is 278 g/mol. The average molecular weight is 278 g/mol. The Morgan fingerprint density at radius 3 is 2.37 bits per heavy atom. The minimum atomic E-state index is -1.03. The fraction of sp³-hybridized carbons (Fsp3) is 0.267. The summed E-state index contributed by atoms with van der Waals surface area (Å²) in [5.74, 6) is 0.651. The van der Waals surface area contributed by atoms with E-state index in [1.54, 1.807) is 18.3 Å². The molecule has 2 N–H and O–H groups in total. The van der Waals surface area contributed by atoms with Gasteiger partial charge < -0.3 is 5.73 Å². The van der Waals surface area contributed by atoms with E-state index in [1.807, 2.05) is 0 Å². The normalized spacial score (nSPS) is 9.53. The lowest BCUT2D eigenvalue weighted by molar-refractivity contribution is 0.677.